The molecule has 0 aromatic carbocycles. The molecule has 24 heavy (non-hydrogen) atoms. The Morgan fingerprint density at radius 1 is 1.38 bits per heavy atom. The largest absolute Gasteiger partial charge is 0.385 e. The van der Waals surface area contributed by atoms with Gasteiger partial charge in [0.1, 0.15) is 11.9 Å². The maximum Gasteiger partial charge on any atom is 0.254 e. The van der Waals surface area contributed by atoms with E-state index in [4.69, 9.17) is 0 Å². The molecule has 1 fully saturated rings. The second kappa shape index (κ2) is 6.60. The molecule has 1 amide bonds. The van der Waals surface area contributed by atoms with Gasteiger partial charge in [-0.3, -0.25) is 9.59 Å². The predicted octanol–water partition coefficient (Wildman–Crippen LogP) is 1.00. The number of aryl methyl sites for hydroxylation is 2. The van der Waals surface area contributed by atoms with Crippen LogP contribution in [0.2, 0.25) is 0 Å². The van der Waals surface area contributed by atoms with Gasteiger partial charge in [-0.2, -0.15) is 0 Å². The SMILES string of the molecule is Cc1cc(C(=O)N2CCC(C(O)c3nccn3C)CC2)cc(=O)[nH]1. The summed E-state index contributed by atoms with van der Waals surface area (Å²) in [7, 11) is 1.86. The van der Waals surface area contributed by atoms with Crippen molar-refractivity contribution in [2.75, 3.05) is 13.1 Å². The summed E-state index contributed by atoms with van der Waals surface area (Å²) in [6.45, 7) is 2.89. The first kappa shape index (κ1) is 16.4. The van der Waals surface area contributed by atoms with Crippen molar-refractivity contribution in [3.05, 3.63) is 52.0 Å². The van der Waals surface area contributed by atoms with Crippen LogP contribution in [0.4, 0.5) is 0 Å². The standard InChI is InChI=1S/C17H22N4O3/c1-11-9-13(10-14(22)19-11)17(24)21-6-3-12(4-7-21)15(23)16-18-5-8-20(16)2/h5,8-10,12,15,23H,3-4,6-7H2,1-2H3,(H,19,22). The van der Waals surface area contributed by atoms with Crippen molar-refractivity contribution in [3.8, 4) is 0 Å². The van der Waals surface area contributed by atoms with Crippen molar-refractivity contribution in [3.63, 3.8) is 0 Å². The molecule has 1 unspecified atom stereocenters. The van der Waals surface area contributed by atoms with Crippen molar-refractivity contribution in [2.24, 2.45) is 13.0 Å². The molecule has 3 heterocycles. The van der Waals surface area contributed by atoms with Gasteiger partial charge in [0.15, 0.2) is 0 Å². The second-order valence-electron chi connectivity index (χ2n) is 6.39. The number of nitrogens with one attached hydrogen (secondary N) is 1. The van der Waals surface area contributed by atoms with E-state index in [-0.39, 0.29) is 17.4 Å². The van der Waals surface area contributed by atoms with Crippen LogP contribution >= 0.6 is 0 Å². The summed E-state index contributed by atoms with van der Waals surface area (Å²) in [6, 6.07) is 3.03. The number of aromatic amines is 1. The number of aliphatic hydroxyl groups excluding tert-OH is 1. The summed E-state index contributed by atoms with van der Waals surface area (Å²) in [4.78, 5) is 32.7. The van der Waals surface area contributed by atoms with Gasteiger partial charge in [0.05, 0.1) is 0 Å². The number of nitrogens with zero attached hydrogens (tertiary/aromatic N) is 3. The number of likely N-dealkylation sites (tertiary alicyclic amines) is 1. The zero-order valence-electron chi connectivity index (χ0n) is 13.9. The van der Waals surface area contributed by atoms with E-state index >= 15 is 0 Å². The Morgan fingerprint density at radius 3 is 2.67 bits per heavy atom. The molecule has 7 nitrogen and oxygen atoms in total. The molecule has 2 N–H and O–H groups in total. The Balaban J connectivity index is 1.65. The molecule has 3 rings (SSSR count). The van der Waals surface area contributed by atoms with Crippen molar-refractivity contribution < 1.29 is 9.90 Å². The van der Waals surface area contributed by atoms with E-state index in [9.17, 15) is 14.7 Å². The fourth-order valence-corrected chi connectivity index (χ4v) is 3.28. The maximum absolute atomic E-state index is 12.6. The summed E-state index contributed by atoms with van der Waals surface area (Å²) in [5, 5.41) is 10.5. The zero-order chi connectivity index (χ0) is 17.3. The van der Waals surface area contributed by atoms with Gasteiger partial charge >= 0.3 is 0 Å². The quantitative estimate of drug-likeness (QED) is 0.878. The molecular weight excluding hydrogens is 308 g/mol. The molecule has 0 radical (unpaired) electrons. The third-order valence-corrected chi connectivity index (χ3v) is 4.62. The molecule has 0 bridgehead atoms. The number of H-pyrrole nitrogens is 1. The van der Waals surface area contributed by atoms with Crippen LogP contribution in [0.1, 0.15) is 40.8 Å². The van der Waals surface area contributed by atoms with Crippen molar-refractivity contribution in [1.82, 2.24) is 19.4 Å². The summed E-state index contributed by atoms with van der Waals surface area (Å²) in [5.41, 5.74) is 0.823. The highest BCUT2D eigenvalue weighted by Crippen LogP contribution is 2.30. The van der Waals surface area contributed by atoms with E-state index < -0.39 is 6.10 Å². The average molecular weight is 330 g/mol. The van der Waals surface area contributed by atoms with Gasteiger partial charge in [0.2, 0.25) is 5.56 Å². The molecule has 1 saturated heterocycles. The summed E-state index contributed by atoms with van der Waals surface area (Å²) in [5.74, 6) is 0.607. The molecule has 1 aliphatic heterocycles. The molecule has 2 aromatic rings. The first-order valence-electron chi connectivity index (χ1n) is 8.11. The van der Waals surface area contributed by atoms with Crippen LogP contribution in [-0.4, -0.2) is 43.5 Å². The van der Waals surface area contributed by atoms with Crippen molar-refractivity contribution in [2.45, 2.75) is 25.9 Å². The number of aliphatic hydroxyl groups is 1. The summed E-state index contributed by atoms with van der Waals surface area (Å²) >= 11 is 0. The molecule has 7 heteroatoms. The van der Waals surface area contributed by atoms with E-state index in [1.807, 2.05) is 17.8 Å². The minimum Gasteiger partial charge on any atom is -0.385 e. The first-order valence-corrected chi connectivity index (χ1v) is 8.11. The Bertz CT molecular complexity index is 787. The smallest absolute Gasteiger partial charge is 0.254 e. The number of carbonyl (C=O) groups excluding carboxylic acids is 1. The van der Waals surface area contributed by atoms with E-state index in [0.717, 1.165) is 0 Å². The summed E-state index contributed by atoms with van der Waals surface area (Å²) < 4.78 is 1.82. The molecular formula is C17H22N4O3. The van der Waals surface area contributed by atoms with Crippen LogP contribution in [0.3, 0.4) is 0 Å². The fraction of sp³-hybridized carbons (Fsp3) is 0.471. The average Bonchev–Trinajstić information content (AvgIpc) is 2.99. The first-order chi connectivity index (χ1) is 11.5. The Hall–Kier alpha value is -2.41. The molecule has 1 aliphatic rings. The number of piperidine rings is 1. The highest BCUT2D eigenvalue weighted by molar-refractivity contribution is 5.94. The van der Waals surface area contributed by atoms with E-state index in [1.165, 1.54) is 6.07 Å². The molecule has 0 spiro atoms. The molecule has 1 atom stereocenters. The highest BCUT2D eigenvalue weighted by Gasteiger charge is 2.30. The van der Waals surface area contributed by atoms with E-state index in [2.05, 4.69) is 9.97 Å². The van der Waals surface area contributed by atoms with E-state index in [0.29, 0.717) is 43.0 Å². The number of rotatable bonds is 3. The number of hydrogen-bond donors (Lipinski definition) is 2. The van der Waals surface area contributed by atoms with E-state index in [1.54, 1.807) is 24.1 Å². The molecule has 0 saturated carbocycles. The molecule has 128 valence electrons. The fourth-order valence-electron chi connectivity index (χ4n) is 3.28. The van der Waals surface area contributed by atoms with Crippen LogP contribution in [0, 0.1) is 12.8 Å². The number of hydrogen-bond acceptors (Lipinski definition) is 4. The minimum absolute atomic E-state index is 0.0797. The maximum atomic E-state index is 12.6. The Kier molecular flexibility index (Phi) is 4.53. The van der Waals surface area contributed by atoms with Gasteiger partial charge in [-0.05, 0) is 31.7 Å². The third-order valence-electron chi connectivity index (χ3n) is 4.62. The van der Waals surface area contributed by atoms with Gasteiger partial charge in [0.25, 0.3) is 5.91 Å². The third kappa shape index (κ3) is 3.26. The van der Waals surface area contributed by atoms with Gasteiger partial charge < -0.3 is 19.6 Å². The topological polar surface area (TPSA) is 91.2 Å². The molecule has 0 aliphatic carbocycles. The number of amides is 1. The van der Waals surface area contributed by atoms with Crippen LogP contribution in [0.25, 0.3) is 0 Å². The van der Waals surface area contributed by atoms with Gasteiger partial charge in [-0.25, -0.2) is 4.98 Å². The number of carbonyl (C=O) groups is 1. The van der Waals surface area contributed by atoms with Crippen molar-refractivity contribution in [1.29, 1.82) is 0 Å². The Morgan fingerprint density at radius 2 is 2.08 bits per heavy atom. The van der Waals surface area contributed by atoms with Gasteiger partial charge in [-0.1, -0.05) is 0 Å². The minimum atomic E-state index is -0.621. The molecule has 2 aromatic heterocycles. The number of imidazole rings is 1. The van der Waals surface area contributed by atoms with Crippen LogP contribution in [0.15, 0.2) is 29.3 Å². The summed E-state index contributed by atoms with van der Waals surface area (Å²) in [6.07, 6.45) is 4.28. The van der Waals surface area contributed by atoms with Crippen LogP contribution in [0.5, 0.6) is 0 Å². The van der Waals surface area contributed by atoms with Crippen molar-refractivity contribution >= 4 is 5.91 Å². The number of pyridine rings is 1. The normalized spacial score (nSPS) is 17.0. The van der Waals surface area contributed by atoms with Gasteiger partial charge in [-0.15, -0.1) is 0 Å². The predicted molar refractivity (Wildman–Crippen MR) is 88.6 cm³/mol. The lowest BCUT2D eigenvalue weighted by Gasteiger charge is -2.34. The highest BCUT2D eigenvalue weighted by atomic mass is 16.3. The number of aromatic nitrogens is 3. The Labute approximate surface area is 140 Å². The zero-order valence-corrected chi connectivity index (χ0v) is 13.9. The second-order valence-corrected chi connectivity index (χ2v) is 6.39. The van der Waals surface area contributed by atoms with Gasteiger partial charge in [0, 0.05) is 49.9 Å². The monoisotopic (exact) mass is 330 g/mol. The van der Waals surface area contributed by atoms with Crippen LogP contribution in [-0.2, 0) is 7.05 Å². The van der Waals surface area contributed by atoms with Crippen LogP contribution < -0.4 is 5.56 Å². The lowest BCUT2D eigenvalue weighted by Crippen LogP contribution is -2.40. The lowest BCUT2D eigenvalue weighted by molar-refractivity contribution is 0.0420. The lowest BCUT2D eigenvalue weighted by atomic mass is 9.90.